The van der Waals surface area contributed by atoms with Crippen molar-refractivity contribution in [1.29, 1.82) is 0 Å². The van der Waals surface area contributed by atoms with Crippen molar-refractivity contribution in [2.75, 3.05) is 11.4 Å². The SMILES string of the molecule is CC(=O)N(CC(=O)NCl)c1c(C)cccc1C. The summed E-state index contributed by atoms with van der Waals surface area (Å²) >= 11 is 5.23. The molecule has 5 heteroatoms. The maximum Gasteiger partial charge on any atom is 0.254 e. The third kappa shape index (κ3) is 3.20. The van der Waals surface area contributed by atoms with E-state index in [4.69, 9.17) is 11.8 Å². The molecule has 92 valence electrons. The van der Waals surface area contributed by atoms with Crippen molar-refractivity contribution in [3.8, 4) is 0 Å². The molecule has 1 aromatic rings. The van der Waals surface area contributed by atoms with Crippen LogP contribution in [0.25, 0.3) is 0 Å². The molecule has 0 spiro atoms. The predicted molar refractivity (Wildman–Crippen MR) is 67.9 cm³/mol. The molecule has 0 unspecified atom stereocenters. The van der Waals surface area contributed by atoms with Gasteiger partial charge in [-0.15, -0.1) is 0 Å². The van der Waals surface area contributed by atoms with Crippen LogP contribution in [0.4, 0.5) is 5.69 Å². The predicted octanol–water partition coefficient (Wildman–Crippen LogP) is 1.93. The number of anilines is 1. The van der Waals surface area contributed by atoms with Crippen molar-refractivity contribution >= 4 is 29.3 Å². The summed E-state index contributed by atoms with van der Waals surface area (Å²) in [4.78, 5) is 26.3. The lowest BCUT2D eigenvalue weighted by Crippen LogP contribution is -2.38. The molecular weight excluding hydrogens is 240 g/mol. The number of amides is 2. The van der Waals surface area contributed by atoms with E-state index in [-0.39, 0.29) is 12.5 Å². The van der Waals surface area contributed by atoms with Crippen LogP contribution in [0.2, 0.25) is 0 Å². The number of nitrogens with one attached hydrogen (secondary N) is 1. The number of para-hydroxylation sites is 1. The van der Waals surface area contributed by atoms with Crippen LogP contribution in [0.5, 0.6) is 0 Å². The maximum atomic E-state index is 11.6. The van der Waals surface area contributed by atoms with E-state index in [2.05, 4.69) is 0 Å². The number of benzene rings is 1. The van der Waals surface area contributed by atoms with E-state index in [9.17, 15) is 9.59 Å². The van der Waals surface area contributed by atoms with E-state index >= 15 is 0 Å². The first kappa shape index (κ1) is 13.5. The van der Waals surface area contributed by atoms with Crippen molar-refractivity contribution in [3.05, 3.63) is 29.3 Å². The van der Waals surface area contributed by atoms with E-state index < -0.39 is 5.91 Å². The van der Waals surface area contributed by atoms with Gasteiger partial charge in [0.25, 0.3) is 5.91 Å². The summed E-state index contributed by atoms with van der Waals surface area (Å²) in [6.45, 7) is 5.14. The van der Waals surface area contributed by atoms with E-state index in [1.54, 1.807) is 0 Å². The summed E-state index contributed by atoms with van der Waals surface area (Å²) in [5, 5.41) is 0. The highest BCUT2D eigenvalue weighted by Crippen LogP contribution is 2.24. The lowest BCUT2D eigenvalue weighted by Gasteiger charge is -2.23. The van der Waals surface area contributed by atoms with E-state index in [0.717, 1.165) is 16.8 Å². The van der Waals surface area contributed by atoms with Crippen LogP contribution in [-0.2, 0) is 9.59 Å². The van der Waals surface area contributed by atoms with Gasteiger partial charge in [0, 0.05) is 18.7 Å². The van der Waals surface area contributed by atoms with Gasteiger partial charge >= 0.3 is 0 Å². The Kier molecular flexibility index (Phi) is 4.52. The Bertz CT molecular complexity index is 426. The van der Waals surface area contributed by atoms with Crippen molar-refractivity contribution in [1.82, 2.24) is 4.84 Å². The van der Waals surface area contributed by atoms with Crippen molar-refractivity contribution < 1.29 is 9.59 Å². The van der Waals surface area contributed by atoms with E-state index in [1.807, 2.05) is 36.9 Å². The second-order valence-corrected chi connectivity index (χ2v) is 4.05. The second kappa shape index (κ2) is 5.68. The summed E-state index contributed by atoms with van der Waals surface area (Å²) in [5.41, 5.74) is 2.66. The van der Waals surface area contributed by atoms with Gasteiger partial charge in [-0.25, -0.2) is 0 Å². The standard InChI is InChI=1S/C12H15ClN2O2/c1-8-5-4-6-9(2)12(8)15(10(3)16)7-11(17)14-13/h4-6H,7H2,1-3H3,(H,14,17). The molecule has 2 amide bonds. The van der Waals surface area contributed by atoms with Gasteiger partial charge in [0.15, 0.2) is 0 Å². The van der Waals surface area contributed by atoms with Crippen LogP contribution < -0.4 is 9.74 Å². The first-order chi connectivity index (χ1) is 7.97. The fourth-order valence-electron chi connectivity index (χ4n) is 1.75. The van der Waals surface area contributed by atoms with Crippen molar-refractivity contribution in [2.45, 2.75) is 20.8 Å². The average molecular weight is 255 g/mol. The van der Waals surface area contributed by atoms with Gasteiger partial charge in [-0.1, -0.05) is 18.2 Å². The molecule has 1 N–H and O–H groups in total. The topological polar surface area (TPSA) is 49.4 Å². The molecule has 0 radical (unpaired) electrons. The molecule has 0 aliphatic heterocycles. The van der Waals surface area contributed by atoms with Crippen LogP contribution in [0, 0.1) is 13.8 Å². The molecule has 0 aliphatic rings. The zero-order chi connectivity index (χ0) is 13.0. The Morgan fingerprint density at radius 3 is 2.24 bits per heavy atom. The van der Waals surface area contributed by atoms with Gasteiger partial charge in [-0.2, -0.15) is 0 Å². The minimum atomic E-state index is -0.412. The quantitative estimate of drug-likeness (QED) is 0.838. The van der Waals surface area contributed by atoms with Crippen LogP contribution in [0.15, 0.2) is 18.2 Å². The number of hydrogen-bond donors (Lipinski definition) is 1. The minimum absolute atomic E-state index is 0.0788. The van der Waals surface area contributed by atoms with Crippen LogP contribution in [-0.4, -0.2) is 18.4 Å². The van der Waals surface area contributed by atoms with Crippen LogP contribution in [0.3, 0.4) is 0 Å². The first-order valence-corrected chi connectivity index (χ1v) is 5.59. The lowest BCUT2D eigenvalue weighted by atomic mass is 10.1. The molecule has 17 heavy (non-hydrogen) atoms. The van der Waals surface area contributed by atoms with Gasteiger partial charge in [-0.05, 0) is 25.0 Å². The van der Waals surface area contributed by atoms with Gasteiger partial charge in [-0.3, -0.25) is 14.4 Å². The third-order valence-electron chi connectivity index (χ3n) is 2.50. The fourth-order valence-corrected chi connectivity index (χ4v) is 1.81. The molecule has 4 nitrogen and oxygen atoms in total. The Labute approximate surface area is 106 Å². The molecule has 0 atom stereocenters. The molecule has 0 aliphatic carbocycles. The smallest absolute Gasteiger partial charge is 0.254 e. The van der Waals surface area contributed by atoms with Gasteiger partial charge < -0.3 is 4.90 Å². The molecule has 1 rings (SSSR count). The lowest BCUT2D eigenvalue weighted by molar-refractivity contribution is -0.122. The number of nitrogens with zero attached hydrogens (tertiary/aromatic N) is 1. The zero-order valence-corrected chi connectivity index (χ0v) is 10.8. The Balaban J connectivity index is 3.14. The summed E-state index contributed by atoms with van der Waals surface area (Å²) < 4.78 is 0. The molecule has 0 heterocycles. The van der Waals surface area contributed by atoms with Gasteiger partial charge in [0.05, 0.1) is 5.69 Å². The Morgan fingerprint density at radius 1 is 1.29 bits per heavy atom. The molecule has 0 saturated heterocycles. The summed E-state index contributed by atoms with van der Waals surface area (Å²) in [6.07, 6.45) is 0. The number of aryl methyl sites for hydroxylation is 2. The molecule has 0 saturated carbocycles. The second-order valence-electron chi connectivity index (χ2n) is 3.86. The first-order valence-electron chi connectivity index (χ1n) is 5.21. The monoisotopic (exact) mass is 254 g/mol. The van der Waals surface area contributed by atoms with E-state index in [1.165, 1.54) is 11.8 Å². The number of carbonyl (C=O) groups is 2. The molecular formula is C12H15ClN2O2. The zero-order valence-electron chi connectivity index (χ0n) is 10.1. The summed E-state index contributed by atoms with van der Waals surface area (Å²) in [5.74, 6) is -0.604. The molecule has 1 aromatic carbocycles. The van der Waals surface area contributed by atoms with E-state index in [0.29, 0.717) is 0 Å². The van der Waals surface area contributed by atoms with Crippen molar-refractivity contribution in [2.24, 2.45) is 0 Å². The van der Waals surface area contributed by atoms with Gasteiger partial charge in [0.1, 0.15) is 6.54 Å². The largest absolute Gasteiger partial charge is 0.303 e. The fraction of sp³-hybridized carbons (Fsp3) is 0.333. The maximum absolute atomic E-state index is 11.6. The van der Waals surface area contributed by atoms with Crippen LogP contribution >= 0.6 is 11.8 Å². The minimum Gasteiger partial charge on any atom is -0.303 e. The van der Waals surface area contributed by atoms with Gasteiger partial charge in [0.2, 0.25) is 5.91 Å². The normalized spacial score (nSPS) is 9.88. The van der Waals surface area contributed by atoms with Crippen LogP contribution in [0.1, 0.15) is 18.1 Å². The third-order valence-corrected chi connectivity index (χ3v) is 2.71. The summed E-state index contributed by atoms with van der Waals surface area (Å²) in [7, 11) is 0. The summed E-state index contributed by atoms with van der Waals surface area (Å²) in [6, 6.07) is 5.71. The number of rotatable bonds is 3. The number of halogens is 1. The highest BCUT2D eigenvalue weighted by Gasteiger charge is 2.18. The Morgan fingerprint density at radius 2 is 1.82 bits per heavy atom. The molecule has 0 aromatic heterocycles. The average Bonchev–Trinajstić information content (AvgIpc) is 2.26. The highest BCUT2D eigenvalue weighted by atomic mass is 35.5. The highest BCUT2D eigenvalue weighted by molar-refractivity contribution is 6.22. The van der Waals surface area contributed by atoms with Crippen molar-refractivity contribution in [3.63, 3.8) is 0 Å². The molecule has 0 fully saturated rings. The number of carbonyl (C=O) groups excluding carboxylic acids is 2. The Hall–Kier alpha value is -1.55. The number of hydrogen-bond acceptors (Lipinski definition) is 2. The molecule has 0 bridgehead atoms.